The van der Waals surface area contributed by atoms with E-state index in [-0.39, 0.29) is 27.7 Å². The van der Waals surface area contributed by atoms with E-state index in [4.69, 9.17) is 23.6 Å². The molecule has 0 N–H and O–H groups in total. The molecule has 0 saturated carbocycles. The summed E-state index contributed by atoms with van der Waals surface area (Å²) in [6.45, 7) is 1.18. The molecule has 6 aromatic carbocycles. The van der Waals surface area contributed by atoms with Crippen LogP contribution in [0.25, 0.3) is 78.2 Å². The van der Waals surface area contributed by atoms with Gasteiger partial charge >= 0.3 is 0 Å². The quantitative estimate of drug-likeness (QED) is 0.222. The third-order valence-corrected chi connectivity index (χ3v) is 6.52. The highest BCUT2D eigenvalue weighted by atomic mass is 16.3. The van der Waals surface area contributed by atoms with E-state index < -0.39 is 124 Å². The van der Waals surface area contributed by atoms with Crippen molar-refractivity contribution in [2.24, 2.45) is 0 Å². The van der Waals surface area contributed by atoms with Gasteiger partial charge in [-0.2, -0.15) is 0 Å². The fourth-order valence-electron chi connectivity index (χ4n) is 4.91. The van der Waals surface area contributed by atoms with Crippen LogP contribution >= 0.6 is 0 Å². The normalized spacial score (nSPS) is 18.5. The van der Waals surface area contributed by atoms with E-state index in [0.29, 0.717) is 29.5 Å². The van der Waals surface area contributed by atoms with Crippen LogP contribution in [0.2, 0.25) is 0 Å². The molecular weight excluding hydrogens is 472 g/mol. The SMILES string of the molecule is [2H]C=C([2H])c1c(C([2H])=C[2H])c(-c2cccc3c2oc2ccccc23)c2c([2H])c([2H])c([2H])c([2H])c2c1-c1c([2H])c([2H])c([2H])c(-c2c([2H])c([2H])c([2H])c([2H])c2[2H])c1[2H]. The summed E-state index contributed by atoms with van der Waals surface area (Å²) < 4.78 is 155. The molecule has 0 unspecified atom stereocenters. The van der Waals surface area contributed by atoms with Crippen LogP contribution in [0.15, 0.2) is 139 Å². The average Bonchev–Trinajstić information content (AvgIpc) is 3.59. The molecule has 1 heteroatoms. The standard InChI is InChI=1S/C38H26O/c1-3-28-29(4-2)37(34-22-13-21-33-30-18-10-11-23-35(30)39-38(33)34)32-20-9-8-19-31(32)36(28)27-17-12-16-26(24-27)25-14-6-5-7-15-25/h3-24H,1-2H2/i1D,2D,3D,4D,5D,6D,7D,8D,9D,12D,14D,15D,16D,17D,19D,20D,24D. The highest BCUT2D eigenvalue weighted by Gasteiger charge is 2.21. The molecule has 0 fully saturated rings. The number of hydrogen-bond acceptors (Lipinski definition) is 1. The first-order valence-corrected chi connectivity index (χ1v) is 11.8. The van der Waals surface area contributed by atoms with Crippen LogP contribution in [-0.4, -0.2) is 0 Å². The van der Waals surface area contributed by atoms with E-state index in [9.17, 15) is 4.11 Å². The summed E-state index contributed by atoms with van der Waals surface area (Å²) in [5.41, 5.74) is -2.45. The Kier molecular flexibility index (Phi) is 2.70. The van der Waals surface area contributed by atoms with Gasteiger partial charge in [0.25, 0.3) is 0 Å². The molecule has 0 spiro atoms. The topological polar surface area (TPSA) is 13.1 Å². The summed E-state index contributed by atoms with van der Waals surface area (Å²) in [6.07, 6.45) is 0. The predicted octanol–water partition coefficient (Wildman–Crippen LogP) is 11.0. The second-order valence-electron chi connectivity index (χ2n) is 8.57. The minimum absolute atomic E-state index is 0.0948. The van der Waals surface area contributed by atoms with Gasteiger partial charge in [-0.15, -0.1) is 0 Å². The van der Waals surface area contributed by atoms with Crippen molar-refractivity contribution in [2.45, 2.75) is 0 Å². The Labute approximate surface area is 251 Å². The van der Waals surface area contributed by atoms with Crippen LogP contribution < -0.4 is 0 Å². The Morgan fingerprint density at radius 1 is 0.615 bits per heavy atom. The summed E-state index contributed by atoms with van der Waals surface area (Å²) >= 11 is 0. The zero-order valence-electron chi connectivity index (χ0n) is 37.1. The van der Waals surface area contributed by atoms with Crippen molar-refractivity contribution in [1.82, 2.24) is 0 Å². The zero-order valence-corrected chi connectivity index (χ0v) is 20.1. The van der Waals surface area contributed by atoms with Crippen molar-refractivity contribution in [3.8, 4) is 33.4 Å². The molecule has 1 aromatic heterocycles. The van der Waals surface area contributed by atoms with Crippen molar-refractivity contribution in [2.75, 3.05) is 0 Å². The third kappa shape index (κ3) is 3.63. The number of fused-ring (bicyclic) bond motifs is 4. The van der Waals surface area contributed by atoms with Gasteiger partial charge in [0.15, 0.2) is 0 Å². The van der Waals surface area contributed by atoms with E-state index >= 15 is 0 Å². The maximum Gasteiger partial charge on any atom is 0.143 e. The largest absolute Gasteiger partial charge is 0.455 e. The van der Waals surface area contributed by atoms with Crippen molar-refractivity contribution in [1.29, 1.82) is 0 Å². The van der Waals surface area contributed by atoms with Gasteiger partial charge in [0.05, 0.1) is 23.3 Å². The lowest BCUT2D eigenvalue weighted by atomic mass is 9.82. The molecule has 1 nitrogen and oxygen atoms in total. The lowest BCUT2D eigenvalue weighted by Gasteiger charge is -2.20. The highest BCUT2D eigenvalue weighted by Crippen LogP contribution is 2.46. The summed E-state index contributed by atoms with van der Waals surface area (Å²) in [6, 6.07) is 0.407. The monoisotopic (exact) mass is 515 g/mol. The molecule has 7 aromatic rings. The van der Waals surface area contributed by atoms with Gasteiger partial charge in [-0.1, -0.05) is 134 Å². The summed E-state index contributed by atoms with van der Waals surface area (Å²) in [5.74, 6) is 0. The molecule has 184 valence electrons. The van der Waals surface area contributed by atoms with Crippen LogP contribution in [0.3, 0.4) is 0 Å². The van der Waals surface area contributed by atoms with Crippen molar-refractivity contribution in [3.63, 3.8) is 0 Å². The fourth-order valence-corrected chi connectivity index (χ4v) is 4.91. The number of hydrogen-bond donors (Lipinski definition) is 0. The van der Waals surface area contributed by atoms with Gasteiger partial charge in [-0.25, -0.2) is 0 Å². The zero-order chi connectivity index (χ0) is 40.8. The summed E-state index contributed by atoms with van der Waals surface area (Å²) in [4.78, 5) is 0. The van der Waals surface area contributed by atoms with Crippen LogP contribution in [-0.2, 0) is 0 Å². The lowest BCUT2D eigenvalue weighted by Crippen LogP contribution is -1.96. The molecule has 1 heterocycles. The smallest absolute Gasteiger partial charge is 0.143 e. The Morgan fingerprint density at radius 2 is 1.28 bits per heavy atom. The van der Waals surface area contributed by atoms with E-state index in [1.807, 2.05) is 6.07 Å². The molecule has 0 radical (unpaired) electrons. The molecule has 0 aliphatic carbocycles. The molecule has 0 aliphatic heterocycles. The minimum Gasteiger partial charge on any atom is -0.455 e. The van der Waals surface area contributed by atoms with Gasteiger partial charge < -0.3 is 4.42 Å². The van der Waals surface area contributed by atoms with Gasteiger partial charge in [0.2, 0.25) is 0 Å². The first-order valence-electron chi connectivity index (χ1n) is 20.5. The van der Waals surface area contributed by atoms with Crippen molar-refractivity contribution >= 4 is 44.8 Å². The Hall–Kier alpha value is -5.14. The average molecular weight is 516 g/mol. The van der Waals surface area contributed by atoms with Crippen LogP contribution in [0.1, 0.15) is 34.4 Å². The number of rotatable bonds is 5. The number of furan rings is 1. The second kappa shape index (κ2) is 9.31. The number of para-hydroxylation sites is 2. The molecule has 39 heavy (non-hydrogen) atoms. The van der Waals surface area contributed by atoms with Crippen LogP contribution in [0.5, 0.6) is 0 Å². The van der Waals surface area contributed by atoms with Crippen LogP contribution in [0, 0.1) is 0 Å². The Morgan fingerprint density at radius 3 is 2.10 bits per heavy atom. The molecule has 0 saturated heterocycles. The van der Waals surface area contributed by atoms with E-state index in [2.05, 4.69) is 0 Å². The van der Waals surface area contributed by atoms with Gasteiger partial charge in [0.1, 0.15) is 11.2 Å². The van der Waals surface area contributed by atoms with Gasteiger partial charge in [-0.05, 0) is 56.3 Å². The Balaban J connectivity index is 1.83. The summed E-state index contributed by atoms with van der Waals surface area (Å²) in [7, 11) is 0. The molecular formula is C38H26O. The maximum absolute atomic E-state index is 9.50. The van der Waals surface area contributed by atoms with E-state index in [1.165, 1.54) is 0 Å². The fraction of sp³-hybridized carbons (Fsp3) is 0. The third-order valence-electron chi connectivity index (χ3n) is 6.52. The molecule has 0 atom stereocenters. The predicted molar refractivity (Wildman–Crippen MR) is 168 cm³/mol. The van der Waals surface area contributed by atoms with Crippen molar-refractivity contribution < 1.29 is 27.7 Å². The Bertz CT molecular complexity index is 2910. The van der Waals surface area contributed by atoms with E-state index in [1.54, 1.807) is 36.4 Å². The van der Waals surface area contributed by atoms with Gasteiger partial charge in [-0.3, -0.25) is 0 Å². The molecule has 0 bridgehead atoms. The van der Waals surface area contributed by atoms with Crippen molar-refractivity contribution in [3.05, 3.63) is 145 Å². The highest BCUT2D eigenvalue weighted by molar-refractivity contribution is 6.17. The maximum atomic E-state index is 9.50. The minimum atomic E-state index is -0.890. The van der Waals surface area contributed by atoms with Crippen LogP contribution in [0.4, 0.5) is 0 Å². The van der Waals surface area contributed by atoms with Gasteiger partial charge in [0, 0.05) is 21.9 Å². The lowest BCUT2D eigenvalue weighted by molar-refractivity contribution is 0.670. The first-order chi connectivity index (χ1) is 26.5. The molecule has 0 amide bonds. The molecule has 7 rings (SSSR count). The second-order valence-corrected chi connectivity index (χ2v) is 8.57. The molecule has 0 aliphatic rings. The first kappa shape index (κ1) is 11.3. The van der Waals surface area contributed by atoms with E-state index in [0.717, 1.165) is 0 Å². The summed E-state index contributed by atoms with van der Waals surface area (Å²) in [5, 5.41) is 0.585. The number of benzene rings is 6.